The quantitative estimate of drug-likeness (QED) is 0.619. The summed E-state index contributed by atoms with van der Waals surface area (Å²) in [6, 6.07) is 5.08. The molecule has 0 heterocycles. The minimum Gasteiger partial charge on any atom is -0.504 e. The zero-order chi connectivity index (χ0) is 14.3. The fraction of sp³-hybridized carbons (Fsp3) is 0.500. The van der Waals surface area contributed by atoms with Crippen molar-refractivity contribution in [1.82, 2.24) is 4.90 Å². The first kappa shape index (κ1) is 15.6. The molecule has 0 spiro atoms. The van der Waals surface area contributed by atoms with Gasteiger partial charge in [0.15, 0.2) is 11.5 Å². The van der Waals surface area contributed by atoms with Gasteiger partial charge in [0.05, 0.1) is 7.11 Å². The van der Waals surface area contributed by atoms with E-state index in [0.29, 0.717) is 24.6 Å². The van der Waals surface area contributed by atoms with Gasteiger partial charge in [0.1, 0.15) is 0 Å². The smallest absolute Gasteiger partial charge is 0.222 e. The van der Waals surface area contributed by atoms with Gasteiger partial charge in [-0.25, -0.2) is 0 Å². The molecular formula is C14H20ClNO3. The van der Waals surface area contributed by atoms with Crippen LogP contribution in [0.15, 0.2) is 18.2 Å². The second kappa shape index (κ2) is 7.89. The van der Waals surface area contributed by atoms with Crippen molar-refractivity contribution in [2.45, 2.75) is 25.8 Å². The molecule has 0 fully saturated rings. The molecule has 0 aliphatic rings. The van der Waals surface area contributed by atoms with Gasteiger partial charge in [-0.2, -0.15) is 0 Å². The van der Waals surface area contributed by atoms with E-state index < -0.39 is 0 Å². The predicted octanol–water partition coefficient (Wildman–Crippen LogP) is 2.77. The zero-order valence-electron chi connectivity index (χ0n) is 11.4. The van der Waals surface area contributed by atoms with Gasteiger partial charge in [0.2, 0.25) is 5.91 Å². The Morgan fingerprint density at radius 2 is 2.16 bits per heavy atom. The lowest BCUT2D eigenvalue weighted by atomic mass is 10.1. The van der Waals surface area contributed by atoms with Crippen LogP contribution in [0.1, 0.15) is 24.8 Å². The van der Waals surface area contributed by atoms with Gasteiger partial charge in [-0.15, -0.1) is 11.6 Å². The number of aromatic hydroxyl groups is 1. The highest BCUT2D eigenvalue weighted by atomic mass is 35.5. The number of hydrogen-bond donors (Lipinski definition) is 1. The van der Waals surface area contributed by atoms with Gasteiger partial charge in [0, 0.05) is 25.9 Å². The van der Waals surface area contributed by atoms with Crippen molar-refractivity contribution >= 4 is 17.5 Å². The number of benzene rings is 1. The van der Waals surface area contributed by atoms with Gasteiger partial charge in [-0.1, -0.05) is 6.07 Å². The molecule has 1 amide bonds. The van der Waals surface area contributed by atoms with E-state index in [4.69, 9.17) is 16.3 Å². The number of nitrogens with zero attached hydrogens (tertiary/aromatic N) is 1. The van der Waals surface area contributed by atoms with Crippen molar-refractivity contribution in [2.75, 3.05) is 20.0 Å². The molecule has 19 heavy (non-hydrogen) atoms. The Hall–Kier alpha value is -1.42. The van der Waals surface area contributed by atoms with Crippen LogP contribution in [-0.2, 0) is 11.3 Å². The lowest BCUT2D eigenvalue weighted by Crippen LogP contribution is -2.25. The molecule has 0 bridgehead atoms. The highest BCUT2D eigenvalue weighted by molar-refractivity contribution is 6.17. The van der Waals surface area contributed by atoms with Gasteiger partial charge in [-0.05, 0) is 30.5 Å². The van der Waals surface area contributed by atoms with Gasteiger partial charge < -0.3 is 14.7 Å². The Bertz CT molecular complexity index is 423. The first-order chi connectivity index (χ1) is 9.08. The molecule has 0 aliphatic carbocycles. The summed E-state index contributed by atoms with van der Waals surface area (Å²) < 4.78 is 5.04. The summed E-state index contributed by atoms with van der Waals surface area (Å²) >= 11 is 5.58. The largest absolute Gasteiger partial charge is 0.504 e. The lowest BCUT2D eigenvalue weighted by molar-refractivity contribution is -0.130. The number of methoxy groups -OCH3 is 1. The second-order valence-electron chi connectivity index (χ2n) is 4.40. The fourth-order valence-corrected chi connectivity index (χ4v) is 1.93. The first-order valence-corrected chi connectivity index (χ1v) is 6.77. The van der Waals surface area contributed by atoms with Gasteiger partial charge >= 0.3 is 0 Å². The monoisotopic (exact) mass is 285 g/mol. The average molecular weight is 286 g/mol. The molecule has 0 radical (unpaired) electrons. The zero-order valence-corrected chi connectivity index (χ0v) is 12.1. The van der Waals surface area contributed by atoms with E-state index in [-0.39, 0.29) is 11.7 Å². The molecular weight excluding hydrogens is 266 g/mol. The maximum absolute atomic E-state index is 11.8. The normalized spacial score (nSPS) is 10.3. The maximum Gasteiger partial charge on any atom is 0.222 e. The number of unbranched alkanes of at least 4 members (excludes halogenated alkanes) is 1. The third-order valence-corrected chi connectivity index (χ3v) is 3.13. The summed E-state index contributed by atoms with van der Waals surface area (Å²) in [6.45, 7) is 0.496. The van der Waals surface area contributed by atoms with E-state index in [1.807, 2.05) is 0 Å². The minimum absolute atomic E-state index is 0.0946. The number of carbonyl (C=O) groups excluding carboxylic acids is 1. The molecule has 1 N–H and O–H groups in total. The highest BCUT2D eigenvalue weighted by Gasteiger charge is 2.10. The number of alkyl halides is 1. The van der Waals surface area contributed by atoms with Crippen molar-refractivity contribution in [2.24, 2.45) is 0 Å². The van der Waals surface area contributed by atoms with Crippen molar-refractivity contribution < 1.29 is 14.6 Å². The van der Waals surface area contributed by atoms with Crippen LogP contribution < -0.4 is 4.74 Å². The van der Waals surface area contributed by atoms with Crippen LogP contribution in [0.4, 0.5) is 0 Å². The van der Waals surface area contributed by atoms with Crippen LogP contribution in [0, 0.1) is 0 Å². The van der Waals surface area contributed by atoms with Crippen molar-refractivity contribution in [3.63, 3.8) is 0 Å². The van der Waals surface area contributed by atoms with Crippen molar-refractivity contribution in [1.29, 1.82) is 0 Å². The maximum atomic E-state index is 11.8. The molecule has 0 aromatic heterocycles. The summed E-state index contributed by atoms with van der Waals surface area (Å²) in [5.41, 5.74) is 0.919. The molecule has 1 rings (SSSR count). The Morgan fingerprint density at radius 3 is 2.79 bits per heavy atom. The first-order valence-electron chi connectivity index (χ1n) is 6.24. The number of ether oxygens (including phenoxy) is 1. The molecule has 1 aromatic rings. The van der Waals surface area contributed by atoms with E-state index in [1.165, 1.54) is 7.11 Å². The minimum atomic E-state index is 0.0946. The number of rotatable bonds is 7. The number of carbonyl (C=O) groups is 1. The van der Waals surface area contributed by atoms with E-state index >= 15 is 0 Å². The van der Waals surface area contributed by atoms with Crippen LogP contribution >= 0.6 is 11.6 Å². The summed E-state index contributed by atoms with van der Waals surface area (Å²) in [6.07, 6.45) is 2.18. The molecule has 106 valence electrons. The van der Waals surface area contributed by atoms with Crippen LogP contribution in [-0.4, -0.2) is 36.0 Å². The third-order valence-electron chi connectivity index (χ3n) is 2.86. The fourth-order valence-electron chi connectivity index (χ4n) is 1.74. The van der Waals surface area contributed by atoms with Crippen molar-refractivity contribution in [3.05, 3.63) is 23.8 Å². The molecule has 4 nitrogen and oxygen atoms in total. The number of phenolic OH excluding ortho intramolecular Hbond substituents is 1. The summed E-state index contributed by atoms with van der Waals surface area (Å²) in [7, 11) is 3.27. The van der Waals surface area contributed by atoms with Crippen LogP contribution in [0.3, 0.4) is 0 Å². The molecule has 0 saturated heterocycles. The lowest BCUT2D eigenvalue weighted by Gasteiger charge is -2.17. The molecule has 1 aromatic carbocycles. The number of phenols is 1. The van der Waals surface area contributed by atoms with Gasteiger partial charge in [0.25, 0.3) is 0 Å². The summed E-state index contributed by atoms with van der Waals surface area (Å²) in [5, 5.41) is 9.50. The number of hydrogen-bond acceptors (Lipinski definition) is 3. The molecule has 0 unspecified atom stereocenters. The average Bonchev–Trinajstić information content (AvgIpc) is 2.41. The second-order valence-corrected chi connectivity index (χ2v) is 4.78. The van der Waals surface area contributed by atoms with E-state index in [2.05, 4.69) is 0 Å². The van der Waals surface area contributed by atoms with E-state index in [9.17, 15) is 9.90 Å². The van der Waals surface area contributed by atoms with E-state index in [1.54, 1.807) is 30.1 Å². The standard InChI is InChI=1S/C14H20ClNO3/c1-16(14(18)5-3-4-8-15)10-11-6-7-12(17)13(9-11)19-2/h6-7,9,17H,3-5,8,10H2,1-2H3. The number of halogens is 1. The summed E-state index contributed by atoms with van der Waals surface area (Å²) in [5.74, 6) is 1.20. The van der Waals surface area contributed by atoms with Crippen LogP contribution in [0.25, 0.3) is 0 Å². The molecule has 0 atom stereocenters. The highest BCUT2D eigenvalue weighted by Crippen LogP contribution is 2.26. The van der Waals surface area contributed by atoms with Crippen LogP contribution in [0.5, 0.6) is 11.5 Å². The number of amides is 1. The topological polar surface area (TPSA) is 49.8 Å². The predicted molar refractivity (Wildman–Crippen MR) is 75.7 cm³/mol. The molecule has 5 heteroatoms. The molecule has 0 saturated carbocycles. The molecule has 0 aliphatic heterocycles. The van der Waals surface area contributed by atoms with Crippen LogP contribution in [0.2, 0.25) is 0 Å². The van der Waals surface area contributed by atoms with Gasteiger partial charge in [-0.3, -0.25) is 4.79 Å². The summed E-state index contributed by atoms with van der Waals surface area (Å²) in [4.78, 5) is 13.5. The Labute approximate surface area is 118 Å². The Morgan fingerprint density at radius 1 is 1.42 bits per heavy atom. The SMILES string of the molecule is COc1cc(CN(C)C(=O)CCCCCl)ccc1O. The Kier molecular flexibility index (Phi) is 6.50. The van der Waals surface area contributed by atoms with E-state index in [0.717, 1.165) is 18.4 Å². The Balaban J connectivity index is 2.56. The third kappa shape index (κ3) is 4.99. The van der Waals surface area contributed by atoms with Crippen molar-refractivity contribution in [3.8, 4) is 11.5 Å².